The van der Waals surface area contributed by atoms with Crippen molar-refractivity contribution < 1.29 is 17.6 Å². The molecule has 33 heavy (non-hydrogen) atoms. The second kappa shape index (κ2) is 9.70. The Balaban J connectivity index is 1.59. The fraction of sp³-hybridized carbons (Fsp3) is 0.280. The van der Waals surface area contributed by atoms with E-state index in [9.17, 15) is 17.6 Å². The van der Waals surface area contributed by atoms with E-state index in [-0.39, 0.29) is 22.5 Å². The predicted molar refractivity (Wildman–Crippen MR) is 125 cm³/mol. The van der Waals surface area contributed by atoms with Crippen LogP contribution in [0.3, 0.4) is 0 Å². The molecule has 8 heteroatoms. The lowest BCUT2D eigenvalue weighted by Gasteiger charge is -2.30. The number of pyridine rings is 1. The first-order valence-corrected chi connectivity index (χ1v) is 12.4. The second-order valence-electron chi connectivity index (χ2n) is 8.24. The standard InChI is InChI=1S/C25H26FN3O3S/c1-18-9-10-22(17-23(18)26)33(31,32)28-21-7-5-6-20(16-21)25(30)29-15-4-2-3-8-24(29)19-11-13-27-14-12-19/h5-7,9-14,16-17,24,28H,2-4,8,15H2,1H3. The molecule has 1 saturated heterocycles. The van der Waals surface area contributed by atoms with Crippen molar-refractivity contribution >= 4 is 21.6 Å². The summed E-state index contributed by atoms with van der Waals surface area (Å²) in [5.74, 6) is -0.744. The minimum absolute atomic E-state index is 0.0566. The number of carbonyl (C=O) groups excluding carboxylic acids is 1. The van der Waals surface area contributed by atoms with Crippen LogP contribution in [0, 0.1) is 12.7 Å². The summed E-state index contributed by atoms with van der Waals surface area (Å²) in [5.41, 5.74) is 2.05. The molecule has 1 unspecified atom stereocenters. The highest BCUT2D eigenvalue weighted by atomic mass is 32.2. The van der Waals surface area contributed by atoms with Crippen LogP contribution in [0.4, 0.5) is 10.1 Å². The molecule has 6 nitrogen and oxygen atoms in total. The van der Waals surface area contributed by atoms with Crippen LogP contribution < -0.4 is 4.72 Å². The Morgan fingerprint density at radius 3 is 2.61 bits per heavy atom. The third-order valence-electron chi connectivity index (χ3n) is 5.92. The van der Waals surface area contributed by atoms with Crippen molar-refractivity contribution in [2.45, 2.75) is 43.5 Å². The second-order valence-corrected chi connectivity index (χ2v) is 9.92. The number of sulfonamides is 1. The van der Waals surface area contributed by atoms with Crippen LogP contribution in [-0.2, 0) is 10.0 Å². The van der Waals surface area contributed by atoms with Crippen molar-refractivity contribution in [3.05, 3.63) is 89.5 Å². The van der Waals surface area contributed by atoms with Gasteiger partial charge in [-0.15, -0.1) is 0 Å². The van der Waals surface area contributed by atoms with Gasteiger partial charge in [-0.05, 0) is 73.4 Å². The van der Waals surface area contributed by atoms with Gasteiger partial charge < -0.3 is 4.90 Å². The molecule has 1 aliphatic rings. The van der Waals surface area contributed by atoms with Gasteiger partial charge in [0, 0.05) is 30.2 Å². The monoisotopic (exact) mass is 467 g/mol. The summed E-state index contributed by atoms with van der Waals surface area (Å²) < 4.78 is 41.9. The highest BCUT2D eigenvalue weighted by molar-refractivity contribution is 7.92. The van der Waals surface area contributed by atoms with E-state index >= 15 is 0 Å². The van der Waals surface area contributed by atoms with Crippen molar-refractivity contribution in [1.82, 2.24) is 9.88 Å². The molecule has 1 N–H and O–H groups in total. The minimum Gasteiger partial charge on any atom is -0.332 e. The Kier molecular flexibility index (Phi) is 6.74. The smallest absolute Gasteiger partial charge is 0.261 e. The van der Waals surface area contributed by atoms with Crippen molar-refractivity contribution in [2.75, 3.05) is 11.3 Å². The number of aryl methyl sites for hydroxylation is 1. The average molecular weight is 468 g/mol. The average Bonchev–Trinajstić information content (AvgIpc) is 3.07. The number of rotatable bonds is 5. The van der Waals surface area contributed by atoms with Crippen LogP contribution in [0.15, 0.2) is 71.9 Å². The molecule has 0 aliphatic carbocycles. The number of nitrogens with one attached hydrogen (secondary N) is 1. The van der Waals surface area contributed by atoms with Crippen molar-refractivity contribution in [3.8, 4) is 0 Å². The SMILES string of the molecule is Cc1ccc(S(=O)(=O)Nc2cccc(C(=O)N3CCCCCC3c3ccncc3)c2)cc1F. The molecular weight excluding hydrogens is 441 g/mol. The predicted octanol–water partition coefficient (Wildman–Crippen LogP) is 5.09. The first-order chi connectivity index (χ1) is 15.8. The lowest BCUT2D eigenvalue weighted by atomic mass is 10.0. The van der Waals surface area contributed by atoms with Gasteiger partial charge in [0.1, 0.15) is 5.82 Å². The van der Waals surface area contributed by atoms with Gasteiger partial charge in [-0.25, -0.2) is 12.8 Å². The summed E-state index contributed by atoms with van der Waals surface area (Å²) in [4.78, 5) is 19.3. The van der Waals surface area contributed by atoms with E-state index in [0.717, 1.165) is 37.3 Å². The molecule has 1 amide bonds. The molecule has 0 spiro atoms. The van der Waals surface area contributed by atoms with Crippen LogP contribution in [0.2, 0.25) is 0 Å². The molecule has 1 aliphatic heterocycles. The van der Waals surface area contributed by atoms with E-state index in [1.807, 2.05) is 17.0 Å². The van der Waals surface area contributed by atoms with Gasteiger partial charge in [-0.3, -0.25) is 14.5 Å². The lowest BCUT2D eigenvalue weighted by Crippen LogP contribution is -2.34. The van der Waals surface area contributed by atoms with Gasteiger partial charge in [0.15, 0.2) is 0 Å². The number of carbonyl (C=O) groups is 1. The Morgan fingerprint density at radius 1 is 1.06 bits per heavy atom. The van der Waals surface area contributed by atoms with E-state index in [1.54, 1.807) is 37.5 Å². The maximum absolute atomic E-state index is 13.9. The Labute approximate surface area is 193 Å². The third-order valence-corrected chi connectivity index (χ3v) is 7.30. The Morgan fingerprint density at radius 2 is 1.85 bits per heavy atom. The number of hydrogen-bond acceptors (Lipinski definition) is 4. The largest absolute Gasteiger partial charge is 0.332 e. The minimum atomic E-state index is -4.00. The Bertz CT molecular complexity index is 1250. The molecule has 2 aromatic carbocycles. The molecule has 172 valence electrons. The molecule has 2 heterocycles. The molecule has 4 rings (SSSR count). The zero-order chi connectivity index (χ0) is 23.4. The van der Waals surface area contributed by atoms with Crippen LogP contribution in [-0.4, -0.2) is 30.8 Å². The van der Waals surface area contributed by atoms with E-state index in [1.165, 1.54) is 18.2 Å². The van der Waals surface area contributed by atoms with Gasteiger partial charge in [-0.2, -0.15) is 0 Å². The zero-order valence-corrected chi connectivity index (χ0v) is 19.2. The fourth-order valence-corrected chi connectivity index (χ4v) is 5.18. The zero-order valence-electron chi connectivity index (χ0n) is 18.4. The fourth-order valence-electron chi connectivity index (χ4n) is 4.12. The number of benzene rings is 2. The summed E-state index contributed by atoms with van der Waals surface area (Å²) >= 11 is 0. The quantitative estimate of drug-likeness (QED) is 0.567. The number of amides is 1. The van der Waals surface area contributed by atoms with Gasteiger partial charge in [0.2, 0.25) is 0 Å². The van der Waals surface area contributed by atoms with Gasteiger partial charge >= 0.3 is 0 Å². The van der Waals surface area contributed by atoms with Crippen LogP contribution >= 0.6 is 0 Å². The number of halogens is 1. The van der Waals surface area contributed by atoms with Crippen LogP contribution in [0.5, 0.6) is 0 Å². The lowest BCUT2D eigenvalue weighted by molar-refractivity contribution is 0.0681. The molecule has 1 fully saturated rings. The number of nitrogens with zero attached hydrogens (tertiary/aromatic N) is 2. The van der Waals surface area contributed by atoms with Crippen molar-refractivity contribution in [2.24, 2.45) is 0 Å². The summed E-state index contributed by atoms with van der Waals surface area (Å²) in [6.45, 7) is 2.20. The maximum Gasteiger partial charge on any atom is 0.261 e. The third kappa shape index (κ3) is 5.22. The number of likely N-dealkylation sites (tertiary alicyclic amines) is 1. The number of aromatic nitrogens is 1. The molecular formula is C25H26FN3O3S. The molecule has 0 bridgehead atoms. The normalized spacial score (nSPS) is 16.8. The molecule has 1 atom stereocenters. The van der Waals surface area contributed by atoms with Gasteiger partial charge in [0.05, 0.1) is 10.9 Å². The topological polar surface area (TPSA) is 79.4 Å². The highest BCUT2D eigenvalue weighted by Crippen LogP contribution is 2.31. The van der Waals surface area contributed by atoms with E-state index < -0.39 is 15.8 Å². The molecule has 0 radical (unpaired) electrons. The van der Waals surface area contributed by atoms with Gasteiger partial charge in [0.25, 0.3) is 15.9 Å². The van der Waals surface area contributed by atoms with Crippen molar-refractivity contribution in [3.63, 3.8) is 0 Å². The van der Waals surface area contributed by atoms with E-state index in [0.29, 0.717) is 17.7 Å². The highest BCUT2D eigenvalue weighted by Gasteiger charge is 2.28. The summed E-state index contributed by atoms with van der Waals surface area (Å²) in [6, 6.07) is 14.0. The summed E-state index contributed by atoms with van der Waals surface area (Å²) in [6.07, 6.45) is 7.32. The number of anilines is 1. The first-order valence-electron chi connectivity index (χ1n) is 10.9. The van der Waals surface area contributed by atoms with E-state index in [2.05, 4.69) is 9.71 Å². The summed E-state index contributed by atoms with van der Waals surface area (Å²) in [5, 5.41) is 0. The maximum atomic E-state index is 13.9. The first kappa shape index (κ1) is 22.9. The van der Waals surface area contributed by atoms with E-state index in [4.69, 9.17) is 0 Å². The number of hydrogen-bond donors (Lipinski definition) is 1. The molecule has 0 saturated carbocycles. The molecule has 3 aromatic rings. The van der Waals surface area contributed by atoms with Gasteiger partial charge in [-0.1, -0.05) is 25.0 Å². The Hall–Kier alpha value is -3.26. The summed E-state index contributed by atoms with van der Waals surface area (Å²) in [7, 11) is -4.00. The van der Waals surface area contributed by atoms with Crippen LogP contribution in [0.1, 0.15) is 53.2 Å². The van der Waals surface area contributed by atoms with Crippen molar-refractivity contribution in [1.29, 1.82) is 0 Å². The molecule has 1 aromatic heterocycles. The van der Waals surface area contributed by atoms with Crippen LogP contribution in [0.25, 0.3) is 0 Å².